The van der Waals surface area contributed by atoms with E-state index in [9.17, 15) is 17.2 Å². The standard InChI is InChI=1S/C12H15BrF2N2O2S/c1-7-2-8(5-16)6-17(7)20(18,19)12-10(13)3-9(14)4-11(12)15/h3-4,7-8H,2,5-6,16H2,1H3. The molecule has 2 N–H and O–H groups in total. The molecule has 0 bridgehead atoms. The van der Waals surface area contributed by atoms with Gasteiger partial charge in [0.05, 0.1) is 0 Å². The van der Waals surface area contributed by atoms with E-state index in [0.717, 1.165) is 6.07 Å². The molecule has 1 aromatic carbocycles. The molecule has 0 saturated carbocycles. The van der Waals surface area contributed by atoms with Gasteiger partial charge in [-0.2, -0.15) is 4.31 Å². The summed E-state index contributed by atoms with van der Waals surface area (Å²) in [5, 5.41) is 0. The molecule has 1 saturated heterocycles. The van der Waals surface area contributed by atoms with E-state index < -0.39 is 26.6 Å². The monoisotopic (exact) mass is 368 g/mol. The van der Waals surface area contributed by atoms with Crippen LogP contribution in [0, 0.1) is 17.6 Å². The van der Waals surface area contributed by atoms with Gasteiger partial charge in [0.2, 0.25) is 10.0 Å². The maximum absolute atomic E-state index is 13.9. The Morgan fingerprint density at radius 2 is 2.10 bits per heavy atom. The Kier molecular flexibility index (Phi) is 4.48. The third kappa shape index (κ3) is 2.74. The van der Waals surface area contributed by atoms with E-state index in [1.807, 2.05) is 0 Å². The van der Waals surface area contributed by atoms with Crippen molar-refractivity contribution in [2.45, 2.75) is 24.3 Å². The van der Waals surface area contributed by atoms with Gasteiger partial charge in [0.25, 0.3) is 0 Å². The van der Waals surface area contributed by atoms with Crippen LogP contribution < -0.4 is 5.73 Å². The molecule has 0 amide bonds. The lowest BCUT2D eigenvalue weighted by Crippen LogP contribution is -2.35. The quantitative estimate of drug-likeness (QED) is 0.888. The summed E-state index contributed by atoms with van der Waals surface area (Å²) in [7, 11) is -4.02. The Hall–Kier alpha value is -0.570. The van der Waals surface area contributed by atoms with Gasteiger partial charge in [0, 0.05) is 23.1 Å². The Morgan fingerprint density at radius 3 is 2.60 bits per heavy atom. The minimum atomic E-state index is -4.02. The molecule has 0 aliphatic carbocycles. The SMILES string of the molecule is CC1CC(CN)CN1S(=O)(=O)c1c(F)cc(F)cc1Br. The fourth-order valence-electron chi connectivity index (χ4n) is 2.51. The van der Waals surface area contributed by atoms with Crippen molar-refractivity contribution in [3.8, 4) is 0 Å². The number of halogens is 3. The molecular formula is C12H15BrF2N2O2S. The van der Waals surface area contributed by atoms with Crippen LogP contribution in [0.3, 0.4) is 0 Å². The second kappa shape index (κ2) is 5.67. The van der Waals surface area contributed by atoms with Crippen molar-refractivity contribution in [2.75, 3.05) is 13.1 Å². The van der Waals surface area contributed by atoms with E-state index in [1.54, 1.807) is 6.92 Å². The summed E-state index contributed by atoms with van der Waals surface area (Å²) in [4.78, 5) is -0.525. The number of rotatable bonds is 3. The van der Waals surface area contributed by atoms with E-state index in [0.29, 0.717) is 19.0 Å². The van der Waals surface area contributed by atoms with Crippen molar-refractivity contribution in [1.82, 2.24) is 4.31 Å². The highest BCUT2D eigenvalue weighted by atomic mass is 79.9. The molecule has 1 aliphatic rings. The molecule has 0 radical (unpaired) electrons. The van der Waals surface area contributed by atoms with Gasteiger partial charge in [-0.1, -0.05) is 0 Å². The van der Waals surface area contributed by atoms with Gasteiger partial charge in [-0.15, -0.1) is 0 Å². The first-order valence-electron chi connectivity index (χ1n) is 6.13. The molecule has 0 aromatic heterocycles. The number of hydrogen-bond acceptors (Lipinski definition) is 3. The highest BCUT2D eigenvalue weighted by Gasteiger charge is 2.39. The lowest BCUT2D eigenvalue weighted by molar-refractivity contribution is 0.400. The van der Waals surface area contributed by atoms with E-state index >= 15 is 0 Å². The van der Waals surface area contributed by atoms with Crippen molar-refractivity contribution in [3.63, 3.8) is 0 Å². The van der Waals surface area contributed by atoms with E-state index in [-0.39, 0.29) is 23.0 Å². The normalized spacial score (nSPS) is 24.2. The third-order valence-electron chi connectivity index (χ3n) is 3.47. The summed E-state index contributed by atoms with van der Waals surface area (Å²) in [6.07, 6.45) is 0.635. The summed E-state index contributed by atoms with van der Waals surface area (Å²) < 4.78 is 53.2. The summed E-state index contributed by atoms with van der Waals surface area (Å²) in [5.41, 5.74) is 5.57. The number of hydrogen-bond donors (Lipinski definition) is 1. The largest absolute Gasteiger partial charge is 0.330 e. The molecule has 2 unspecified atom stereocenters. The first kappa shape index (κ1) is 15.8. The first-order valence-corrected chi connectivity index (χ1v) is 8.37. The highest BCUT2D eigenvalue weighted by Crippen LogP contribution is 2.34. The molecule has 2 rings (SSSR count). The second-order valence-corrected chi connectivity index (χ2v) is 7.64. The third-order valence-corrected chi connectivity index (χ3v) is 6.41. The van der Waals surface area contributed by atoms with Crippen LogP contribution in [0.1, 0.15) is 13.3 Å². The number of benzene rings is 1. The van der Waals surface area contributed by atoms with Gasteiger partial charge >= 0.3 is 0 Å². The molecule has 1 fully saturated rings. The van der Waals surface area contributed by atoms with Crippen molar-refractivity contribution >= 4 is 26.0 Å². The van der Waals surface area contributed by atoms with Crippen LogP contribution in [0.2, 0.25) is 0 Å². The van der Waals surface area contributed by atoms with Gasteiger partial charge in [-0.3, -0.25) is 0 Å². The van der Waals surface area contributed by atoms with Crippen molar-refractivity contribution in [3.05, 3.63) is 28.2 Å². The predicted octanol–water partition coefficient (Wildman–Crippen LogP) is 2.09. The van der Waals surface area contributed by atoms with Gasteiger partial charge in [0.1, 0.15) is 16.5 Å². The molecule has 112 valence electrons. The van der Waals surface area contributed by atoms with Crippen molar-refractivity contribution in [1.29, 1.82) is 0 Å². The van der Waals surface area contributed by atoms with Crippen LogP contribution in [0.4, 0.5) is 8.78 Å². The summed E-state index contributed by atoms with van der Waals surface area (Å²) in [6, 6.07) is 1.25. The smallest absolute Gasteiger partial charge is 0.247 e. The average molecular weight is 369 g/mol. The number of sulfonamides is 1. The van der Waals surface area contributed by atoms with Crippen molar-refractivity contribution < 1.29 is 17.2 Å². The zero-order valence-electron chi connectivity index (χ0n) is 10.8. The molecule has 8 heteroatoms. The van der Waals surface area contributed by atoms with Crippen LogP contribution >= 0.6 is 15.9 Å². The zero-order chi connectivity index (χ0) is 15.1. The fraction of sp³-hybridized carbons (Fsp3) is 0.500. The molecule has 1 aromatic rings. The minimum Gasteiger partial charge on any atom is -0.330 e. The maximum atomic E-state index is 13.9. The molecule has 1 aliphatic heterocycles. The van der Waals surface area contributed by atoms with Crippen LogP contribution in [-0.2, 0) is 10.0 Å². The Morgan fingerprint density at radius 1 is 1.45 bits per heavy atom. The molecule has 0 spiro atoms. The molecule has 4 nitrogen and oxygen atoms in total. The Bertz CT molecular complexity index is 601. The molecule has 20 heavy (non-hydrogen) atoms. The topological polar surface area (TPSA) is 63.4 Å². The molecule has 2 atom stereocenters. The molecule has 1 heterocycles. The Balaban J connectivity index is 2.46. The van der Waals surface area contributed by atoms with Crippen LogP contribution in [0.5, 0.6) is 0 Å². The second-order valence-electron chi connectivity index (χ2n) is 4.96. The maximum Gasteiger partial charge on any atom is 0.247 e. The Labute approximate surface area is 125 Å². The summed E-state index contributed by atoms with van der Waals surface area (Å²) >= 11 is 2.92. The van der Waals surface area contributed by atoms with Crippen molar-refractivity contribution in [2.24, 2.45) is 11.7 Å². The summed E-state index contributed by atoms with van der Waals surface area (Å²) in [5.74, 6) is -1.87. The predicted molar refractivity (Wildman–Crippen MR) is 74.6 cm³/mol. The molecular weight excluding hydrogens is 354 g/mol. The van der Waals surface area contributed by atoms with Gasteiger partial charge < -0.3 is 5.73 Å². The van der Waals surface area contributed by atoms with Crippen LogP contribution in [-0.4, -0.2) is 31.9 Å². The van der Waals surface area contributed by atoms with Gasteiger partial charge in [-0.05, 0) is 47.8 Å². The average Bonchev–Trinajstić information content (AvgIpc) is 2.69. The highest BCUT2D eigenvalue weighted by molar-refractivity contribution is 9.10. The lowest BCUT2D eigenvalue weighted by atomic mass is 10.1. The van der Waals surface area contributed by atoms with E-state index in [2.05, 4.69) is 15.9 Å². The zero-order valence-corrected chi connectivity index (χ0v) is 13.2. The first-order chi connectivity index (χ1) is 9.27. The number of nitrogens with two attached hydrogens (primary N) is 1. The van der Waals surface area contributed by atoms with Gasteiger partial charge in [-0.25, -0.2) is 17.2 Å². The van der Waals surface area contributed by atoms with Crippen LogP contribution in [0.25, 0.3) is 0 Å². The minimum absolute atomic E-state index is 0.0575. The van der Waals surface area contributed by atoms with E-state index in [4.69, 9.17) is 5.73 Å². The van der Waals surface area contributed by atoms with Gasteiger partial charge in [0.15, 0.2) is 0 Å². The fourth-order valence-corrected chi connectivity index (χ4v) is 5.34. The number of nitrogens with zero attached hydrogens (tertiary/aromatic N) is 1. The van der Waals surface area contributed by atoms with Crippen LogP contribution in [0.15, 0.2) is 21.5 Å². The lowest BCUT2D eigenvalue weighted by Gasteiger charge is -2.22. The summed E-state index contributed by atoms with van der Waals surface area (Å²) in [6.45, 7) is 2.38. The van der Waals surface area contributed by atoms with E-state index in [1.165, 1.54) is 4.31 Å².